The zero-order valence-electron chi connectivity index (χ0n) is 10.7. The highest BCUT2D eigenvalue weighted by Gasteiger charge is 2.16. The molecule has 0 bridgehead atoms. The molecule has 0 amide bonds. The molecule has 0 fully saturated rings. The molecule has 0 saturated carbocycles. The topological polar surface area (TPSA) is 26.0 Å². The molecule has 0 saturated heterocycles. The second kappa shape index (κ2) is 7.45. The van der Waals surface area contributed by atoms with Crippen LogP contribution < -0.4 is 5.73 Å². The Hall–Kier alpha value is -0.820. The third-order valence-corrected chi connectivity index (χ3v) is 3.24. The summed E-state index contributed by atoms with van der Waals surface area (Å²) < 4.78 is 0. The Labute approximate surface area is 100 Å². The predicted molar refractivity (Wildman–Crippen MR) is 71.4 cm³/mol. The van der Waals surface area contributed by atoms with Gasteiger partial charge in [0, 0.05) is 6.04 Å². The lowest BCUT2D eigenvalue weighted by Gasteiger charge is -2.23. The highest BCUT2D eigenvalue weighted by Crippen LogP contribution is 2.19. The van der Waals surface area contributed by atoms with Gasteiger partial charge in [-0.2, -0.15) is 0 Å². The van der Waals surface area contributed by atoms with Crippen molar-refractivity contribution in [2.45, 2.75) is 52.0 Å². The number of hydrogen-bond donors (Lipinski definition) is 1. The Bertz CT molecular complexity index is 262. The van der Waals surface area contributed by atoms with E-state index < -0.39 is 0 Å². The number of benzene rings is 1. The van der Waals surface area contributed by atoms with E-state index in [0.717, 1.165) is 6.42 Å². The standard InChI is InChI=1S/C15H25N/c1-3-8-14(9-4-2)15(16)12-13-10-6-5-7-11-13/h5-7,10-11,14-15H,3-4,8-9,12,16H2,1-2H3. The first-order valence-corrected chi connectivity index (χ1v) is 6.57. The van der Waals surface area contributed by atoms with Crippen LogP contribution >= 0.6 is 0 Å². The van der Waals surface area contributed by atoms with E-state index in [1.165, 1.54) is 31.2 Å². The molecular weight excluding hydrogens is 194 g/mol. The van der Waals surface area contributed by atoms with Crippen LogP contribution in [0.3, 0.4) is 0 Å². The zero-order valence-corrected chi connectivity index (χ0v) is 10.7. The van der Waals surface area contributed by atoms with Gasteiger partial charge in [-0.3, -0.25) is 0 Å². The summed E-state index contributed by atoms with van der Waals surface area (Å²) in [5.41, 5.74) is 7.69. The van der Waals surface area contributed by atoms with Crippen LogP contribution in [0.5, 0.6) is 0 Å². The van der Waals surface area contributed by atoms with Crippen LogP contribution in [0.15, 0.2) is 30.3 Å². The molecule has 2 N–H and O–H groups in total. The van der Waals surface area contributed by atoms with E-state index in [2.05, 4.69) is 44.2 Å². The van der Waals surface area contributed by atoms with Crippen LogP contribution in [0.1, 0.15) is 45.1 Å². The molecule has 1 atom stereocenters. The van der Waals surface area contributed by atoms with Gasteiger partial charge in [0.2, 0.25) is 0 Å². The maximum absolute atomic E-state index is 6.32. The van der Waals surface area contributed by atoms with Gasteiger partial charge in [0.1, 0.15) is 0 Å². The molecule has 1 rings (SSSR count). The molecule has 1 heteroatoms. The van der Waals surface area contributed by atoms with Crippen LogP contribution in [0.25, 0.3) is 0 Å². The summed E-state index contributed by atoms with van der Waals surface area (Å²) in [5.74, 6) is 0.690. The van der Waals surface area contributed by atoms with Gasteiger partial charge in [-0.05, 0) is 30.7 Å². The molecule has 1 nitrogen and oxygen atoms in total. The summed E-state index contributed by atoms with van der Waals surface area (Å²) >= 11 is 0. The smallest absolute Gasteiger partial charge is 0.0108 e. The molecule has 0 aromatic heterocycles. The van der Waals surface area contributed by atoms with E-state index in [1.54, 1.807) is 0 Å². The molecule has 90 valence electrons. The Balaban J connectivity index is 2.51. The summed E-state index contributed by atoms with van der Waals surface area (Å²) in [6.45, 7) is 4.50. The fraction of sp³-hybridized carbons (Fsp3) is 0.600. The molecule has 0 aliphatic carbocycles. The second-order valence-corrected chi connectivity index (χ2v) is 4.69. The summed E-state index contributed by atoms with van der Waals surface area (Å²) in [4.78, 5) is 0. The van der Waals surface area contributed by atoms with Crippen molar-refractivity contribution in [1.82, 2.24) is 0 Å². The second-order valence-electron chi connectivity index (χ2n) is 4.69. The van der Waals surface area contributed by atoms with Crippen molar-refractivity contribution in [1.29, 1.82) is 0 Å². The van der Waals surface area contributed by atoms with Crippen molar-refractivity contribution in [3.05, 3.63) is 35.9 Å². The van der Waals surface area contributed by atoms with Gasteiger partial charge in [0.15, 0.2) is 0 Å². The van der Waals surface area contributed by atoms with Crippen molar-refractivity contribution >= 4 is 0 Å². The first-order chi connectivity index (χ1) is 7.77. The molecule has 0 heterocycles. The van der Waals surface area contributed by atoms with Gasteiger partial charge in [0.05, 0.1) is 0 Å². The van der Waals surface area contributed by atoms with Crippen LogP contribution in [0.4, 0.5) is 0 Å². The molecular formula is C15H25N. The van der Waals surface area contributed by atoms with Gasteiger partial charge in [-0.25, -0.2) is 0 Å². The van der Waals surface area contributed by atoms with Crippen molar-refractivity contribution in [3.63, 3.8) is 0 Å². The number of rotatable bonds is 7. The summed E-state index contributed by atoms with van der Waals surface area (Å²) in [6, 6.07) is 10.9. The third kappa shape index (κ3) is 4.36. The minimum atomic E-state index is 0.322. The minimum absolute atomic E-state index is 0.322. The van der Waals surface area contributed by atoms with E-state index in [0.29, 0.717) is 12.0 Å². The Kier molecular flexibility index (Phi) is 6.17. The average Bonchev–Trinajstić information content (AvgIpc) is 2.30. The molecule has 0 spiro atoms. The predicted octanol–water partition coefficient (Wildman–Crippen LogP) is 3.77. The summed E-state index contributed by atoms with van der Waals surface area (Å²) in [5, 5.41) is 0. The normalized spacial score (nSPS) is 13.0. The highest BCUT2D eigenvalue weighted by atomic mass is 14.6. The van der Waals surface area contributed by atoms with Crippen molar-refractivity contribution in [3.8, 4) is 0 Å². The first-order valence-electron chi connectivity index (χ1n) is 6.57. The highest BCUT2D eigenvalue weighted by molar-refractivity contribution is 5.15. The molecule has 0 radical (unpaired) electrons. The maximum atomic E-state index is 6.32. The quantitative estimate of drug-likeness (QED) is 0.742. The lowest BCUT2D eigenvalue weighted by atomic mass is 9.87. The van der Waals surface area contributed by atoms with E-state index >= 15 is 0 Å². The van der Waals surface area contributed by atoms with Crippen molar-refractivity contribution in [2.75, 3.05) is 0 Å². The monoisotopic (exact) mass is 219 g/mol. The van der Waals surface area contributed by atoms with E-state index in [1.807, 2.05) is 0 Å². The van der Waals surface area contributed by atoms with Crippen molar-refractivity contribution in [2.24, 2.45) is 11.7 Å². The molecule has 1 unspecified atom stereocenters. The molecule has 1 aromatic rings. The van der Waals surface area contributed by atoms with Gasteiger partial charge in [0.25, 0.3) is 0 Å². The Morgan fingerprint density at radius 3 is 2.06 bits per heavy atom. The summed E-state index contributed by atoms with van der Waals surface area (Å²) in [7, 11) is 0. The molecule has 0 aliphatic rings. The van der Waals surface area contributed by atoms with Crippen LogP contribution in [0, 0.1) is 5.92 Å². The largest absolute Gasteiger partial charge is 0.327 e. The van der Waals surface area contributed by atoms with Gasteiger partial charge >= 0.3 is 0 Å². The average molecular weight is 219 g/mol. The number of hydrogen-bond acceptors (Lipinski definition) is 1. The lowest BCUT2D eigenvalue weighted by molar-refractivity contribution is 0.360. The third-order valence-electron chi connectivity index (χ3n) is 3.24. The lowest BCUT2D eigenvalue weighted by Crippen LogP contribution is -2.32. The van der Waals surface area contributed by atoms with Gasteiger partial charge in [-0.15, -0.1) is 0 Å². The SMILES string of the molecule is CCCC(CCC)C(N)Cc1ccccc1. The van der Waals surface area contributed by atoms with Gasteiger partial charge < -0.3 is 5.73 Å². The fourth-order valence-corrected chi connectivity index (χ4v) is 2.37. The van der Waals surface area contributed by atoms with E-state index in [4.69, 9.17) is 5.73 Å². The van der Waals surface area contributed by atoms with E-state index in [9.17, 15) is 0 Å². The fourth-order valence-electron chi connectivity index (χ4n) is 2.37. The van der Waals surface area contributed by atoms with Crippen LogP contribution in [0.2, 0.25) is 0 Å². The van der Waals surface area contributed by atoms with Crippen LogP contribution in [-0.2, 0) is 6.42 Å². The van der Waals surface area contributed by atoms with E-state index in [-0.39, 0.29) is 0 Å². The van der Waals surface area contributed by atoms with Gasteiger partial charge in [-0.1, -0.05) is 57.0 Å². The first kappa shape index (κ1) is 13.2. The minimum Gasteiger partial charge on any atom is -0.327 e. The molecule has 16 heavy (non-hydrogen) atoms. The number of nitrogens with two attached hydrogens (primary N) is 1. The zero-order chi connectivity index (χ0) is 11.8. The maximum Gasteiger partial charge on any atom is 0.0108 e. The summed E-state index contributed by atoms with van der Waals surface area (Å²) in [6.07, 6.45) is 6.04. The molecule has 0 aliphatic heterocycles. The van der Waals surface area contributed by atoms with Crippen molar-refractivity contribution < 1.29 is 0 Å². The van der Waals surface area contributed by atoms with Crippen LogP contribution in [-0.4, -0.2) is 6.04 Å². The Morgan fingerprint density at radius 1 is 1.00 bits per heavy atom. The molecule has 1 aromatic carbocycles. The Morgan fingerprint density at radius 2 is 1.56 bits per heavy atom.